The van der Waals surface area contributed by atoms with E-state index in [0.29, 0.717) is 33.4 Å². The number of aromatic nitrogens is 3. The van der Waals surface area contributed by atoms with Crippen molar-refractivity contribution in [1.82, 2.24) is 19.9 Å². The van der Waals surface area contributed by atoms with Gasteiger partial charge < -0.3 is 19.6 Å². The lowest BCUT2D eigenvalue weighted by Crippen LogP contribution is -2.10. The molecule has 29 heavy (non-hydrogen) atoms. The van der Waals surface area contributed by atoms with Gasteiger partial charge in [0.05, 0.1) is 35.0 Å². The Kier molecular flexibility index (Phi) is 5.01. The normalized spacial score (nSPS) is 11.3. The predicted molar refractivity (Wildman–Crippen MR) is 113 cm³/mol. The van der Waals surface area contributed by atoms with Crippen molar-refractivity contribution in [2.24, 2.45) is 4.99 Å². The Labute approximate surface area is 171 Å². The van der Waals surface area contributed by atoms with E-state index in [1.807, 2.05) is 25.1 Å². The van der Waals surface area contributed by atoms with Crippen LogP contribution in [0.4, 0.5) is 11.4 Å². The molecule has 0 bridgehead atoms. The zero-order valence-electron chi connectivity index (χ0n) is 15.7. The van der Waals surface area contributed by atoms with E-state index < -0.39 is 0 Å². The number of rotatable bonds is 5. The molecule has 2 N–H and O–H groups in total. The van der Waals surface area contributed by atoms with Crippen molar-refractivity contribution in [3.8, 4) is 11.4 Å². The van der Waals surface area contributed by atoms with Gasteiger partial charge in [-0.25, -0.2) is 15.0 Å². The van der Waals surface area contributed by atoms with Crippen LogP contribution in [-0.4, -0.2) is 46.2 Å². The lowest BCUT2D eigenvalue weighted by atomic mass is 10.2. The minimum Gasteiger partial charge on any atom is -0.459 e. The Balaban J connectivity index is 1.65. The number of hydrogen-bond acceptors (Lipinski definition) is 5. The van der Waals surface area contributed by atoms with Gasteiger partial charge in [-0.2, -0.15) is 0 Å². The summed E-state index contributed by atoms with van der Waals surface area (Å²) < 4.78 is 5.11. The molecule has 1 aromatic carbocycles. The molecule has 0 aliphatic heterocycles. The van der Waals surface area contributed by atoms with Gasteiger partial charge in [0.25, 0.3) is 5.91 Å². The minimum atomic E-state index is -0.349. The lowest BCUT2D eigenvalue weighted by molar-refractivity contribution is 0.0996. The van der Waals surface area contributed by atoms with Crippen LogP contribution in [0.25, 0.3) is 22.6 Å². The van der Waals surface area contributed by atoms with E-state index in [2.05, 4.69) is 25.3 Å². The number of aromatic amines is 1. The quantitative estimate of drug-likeness (QED) is 0.378. The van der Waals surface area contributed by atoms with Crippen molar-refractivity contribution >= 4 is 46.4 Å². The second kappa shape index (κ2) is 7.76. The number of pyridine rings is 1. The molecule has 0 aliphatic carbocycles. The number of imidazole rings is 1. The second-order valence-corrected chi connectivity index (χ2v) is 6.89. The van der Waals surface area contributed by atoms with Gasteiger partial charge >= 0.3 is 0 Å². The van der Waals surface area contributed by atoms with Crippen molar-refractivity contribution in [3.63, 3.8) is 0 Å². The van der Waals surface area contributed by atoms with Gasteiger partial charge in [-0.3, -0.25) is 4.79 Å². The molecule has 1 amide bonds. The first-order valence-corrected chi connectivity index (χ1v) is 9.08. The first-order chi connectivity index (χ1) is 14.0. The van der Waals surface area contributed by atoms with Crippen LogP contribution >= 0.6 is 11.6 Å². The fraction of sp³-hybridized carbons (Fsp3) is 0.100. The van der Waals surface area contributed by atoms with Gasteiger partial charge in [-0.1, -0.05) is 11.6 Å². The number of nitrogens with zero attached hydrogens (tertiary/aromatic N) is 4. The molecule has 0 fully saturated rings. The maximum Gasteiger partial charge on any atom is 0.291 e. The van der Waals surface area contributed by atoms with E-state index in [1.165, 1.54) is 6.26 Å². The fourth-order valence-corrected chi connectivity index (χ4v) is 2.86. The number of anilines is 1. The molecule has 0 spiro atoms. The van der Waals surface area contributed by atoms with E-state index in [0.717, 1.165) is 5.52 Å². The Morgan fingerprint density at radius 1 is 1.31 bits per heavy atom. The van der Waals surface area contributed by atoms with Gasteiger partial charge in [0, 0.05) is 25.3 Å². The van der Waals surface area contributed by atoms with Crippen LogP contribution in [0.5, 0.6) is 0 Å². The number of carbonyl (C=O) groups is 1. The Bertz CT molecular complexity index is 1200. The van der Waals surface area contributed by atoms with Crippen molar-refractivity contribution in [2.75, 3.05) is 19.4 Å². The van der Waals surface area contributed by atoms with E-state index in [9.17, 15) is 4.79 Å². The number of amides is 1. The number of hydrogen-bond donors (Lipinski definition) is 2. The molecule has 0 aliphatic rings. The molecule has 0 atom stereocenters. The number of carbonyl (C=O) groups excluding carboxylic acids is 1. The van der Waals surface area contributed by atoms with Crippen molar-refractivity contribution in [3.05, 3.63) is 59.6 Å². The molecule has 146 valence electrons. The lowest BCUT2D eigenvalue weighted by Gasteiger charge is -2.07. The summed E-state index contributed by atoms with van der Waals surface area (Å²) in [6.45, 7) is 0. The van der Waals surface area contributed by atoms with Crippen LogP contribution < -0.4 is 5.32 Å². The number of nitrogens with one attached hydrogen (secondary N) is 2. The van der Waals surface area contributed by atoms with Crippen LogP contribution in [-0.2, 0) is 0 Å². The maximum atomic E-state index is 12.2. The highest BCUT2D eigenvalue weighted by Crippen LogP contribution is 2.30. The largest absolute Gasteiger partial charge is 0.459 e. The van der Waals surface area contributed by atoms with Crippen LogP contribution in [0.2, 0.25) is 5.02 Å². The zero-order valence-corrected chi connectivity index (χ0v) is 16.4. The van der Waals surface area contributed by atoms with Gasteiger partial charge in [0.2, 0.25) is 0 Å². The Morgan fingerprint density at radius 2 is 2.17 bits per heavy atom. The molecule has 9 heteroatoms. The minimum absolute atomic E-state index is 0.222. The third-order valence-electron chi connectivity index (χ3n) is 3.99. The molecule has 0 saturated heterocycles. The monoisotopic (exact) mass is 408 g/mol. The topological polar surface area (TPSA) is 99.4 Å². The molecule has 4 aromatic rings. The summed E-state index contributed by atoms with van der Waals surface area (Å²) in [5.41, 5.74) is 3.18. The number of benzene rings is 1. The van der Waals surface area contributed by atoms with Crippen molar-refractivity contribution in [2.45, 2.75) is 0 Å². The van der Waals surface area contributed by atoms with Crippen LogP contribution in [0, 0.1) is 0 Å². The zero-order chi connectivity index (χ0) is 20.4. The third-order valence-corrected chi connectivity index (χ3v) is 4.31. The molecule has 3 aromatic heterocycles. The van der Waals surface area contributed by atoms with E-state index in [-0.39, 0.29) is 11.7 Å². The number of aliphatic imine (C=N–C) groups is 1. The van der Waals surface area contributed by atoms with E-state index in [4.69, 9.17) is 16.0 Å². The highest BCUT2D eigenvalue weighted by atomic mass is 35.5. The molecule has 0 unspecified atom stereocenters. The van der Waals surface area contributed by atoms with Crippen molar-refractivity contribution < 1.29 is 9.21 Å². The molecule has 0 saturated carbocycles. The van der Waals surface area contributed by atoms with Gasteiger partial charge in [-0.05, 0) is 36.4 Å². The van der Waals surface area contributed by atoms with Crippen LogP contribution in [0.15, 0.2) is 58.3 Å². The summed E-state index contributed by atoms with van der Waals surface area (Å²) in [6, 6.07) is 10.2. The molecule has 4 rings (SSSR count). The van der Waals surface area contributed by atoms with E-state index in [1.54, 1.807) is 42.9 Å². The number of H-pyrrole nitrogens is 1. The summed E-state index contributed by atoms with van der Waals surface area (Å²) >= 11 is 6.37. The standard InChI is InChI=1S/C20H17ClN6O2/c1-27(2)11-23-13-9-16-19(22-10-13)26-18(25-16)14-8-12(5-6-15(14)21)24-20(28)17-4-3-7-29-17/h3-11H,1-2H3,(H,24,28)(H,22,25,26). The number of furan rings is 1. The predicted octanol–water partition coefficient (Wildman–Crippen LogP) is 4.35. The summed E-state index contributed by atoms with van der Waals surface area (Å²) in [7, 11) is 3.78. The van der Waals surface area contributed by atoms with Gasteiger partial charge in [-0.15, -0.1) is 0 Å². The molecular formula is C20H17ClN6O2. The third kappa shape index (κ3) is 4.12. The summed E-state index contributed by atoms with van der Waals surface area (Å²) in [5, 5.41) is 3.27. The Hall–Kier alpha value is -3.65. The van der Waals surface area contributed by atoms with Crippen molar-refractivity contribution in [1.29, 1.82) is 0 Å². The summed E-state index contributed by atoms with van der Waals surface area (Å²) in [5.74, 6) is 0.415. The highest BCUT2D eigenvalue weighted by molar-refractivity contribution is 6.33. The first-order valence-electron chi connectivity index (χ1n) is 8.71. The molecule has 0 radical (unpaired) electrons. The van der Waals surface area contributed by atoms with Gasteiger partial charge in [0.15, 0.2) is 11.4 Å². The molecule has 8 nitrogen and oxygen atoms in total. The number of fused-ring (bicyclic) bond motifs is 1. The highest BCUT2D eigenvalue weighted by Gasteiger charge is 2.14. The van der Waals surface area contributed by atoms with Crippen LogP contribution in [0.1, 0.15) is 10.6 Å². The Morgan fingerprint density at radius 3 is 2.93 bits per heavy atom. The maximum absolute atomic E-state index is 12.2. The summed E-state index contributed by atoms with van der Waals surface area (Å²) in [6.07, 6.45) is 4.79. The average Bonchev–Trinajstić information content (AvgIpc) is 3.37. The molecular weight excluding hydrogens is 392 g/mol. The first kappa shape index (κ1) is 18.7. The number of halogens is 1. The smallest absolute Gasteiger partial charge is 0.291 e. The van der Waals surface area contributed by atoms with Crippen LogP contribution in [0.3, 0.4) is 0 Å². The average molecular weight is 409 g/mol. The fourth-order valence-electron chi connectivity index (χ4n) is 2.65. The van der Waals surface area contributed by atoms with E-state index >= 15 is 0 Å². The SMILES string of the molecule is CN(C)C=Nc1cnc2nc(-c3cc(NC(=O)c4ccco4)ccc3Cl)[nH]c2c1. The second-order valence-electron chi connectivity index (χ2n) is 6.48. The van der Waals surface area contributed by atoms with Gasteiger partial charge in [0.1, 0.15) is 5.82 Å². The molecule has 3 heterocycles. The summed E-state index contributed by atoms with van der Waals surface area (Å²) in [4.78, 5) is 30.4.